The van der Waals surface area contributed by atoms with Gasteiger partial charge in [-0.15, -0.1) is 0 Å². The van der Waals surface area contributed by atoms with Crippen LogP contribution in [0.5, 0.6) is 0 Å². The van der Waals surface area contributed by atoms with Crippen molar-refractivity contribution in [3.05, 3.63) is 63.7 Å². The molecule has 0 bridgehead atoms. The first-order chi connectivity index (χ1) is 10.9. The molecule has 2 rings (SSSR count). The van der Waals surface area contributed by atoms with E-state index in [1.807, 2.05) is 6.07 Å². The van der Waals surface area contributed by atoms with Crippen molar-refractivity contribution in [2.75, 3.05) is 6.54 Å². The van der Waals surface area contributed by atoms with Crippen molar-refractivity contribution in [1.29, 1.82) is 0 Å². The van der Waals surface area contributed by atoms with Crippen molar-refractivity contribution >= 4 is 38.5 Å². The van der Waals surface area contributed by atoms with Gasteiger partial charge < -0.3 is 0 Å². The van der Waals surface area contributed by atoms with Gasteiger partial charge in [0.15, 0.2) is 0 Å². The minimum Gasteiger partial charge on any atom is -0.289 e. The highest BCUT2D eigenvalue weighted by Gasteiger charge is 2.26. The van der Waals surface area contributed by atoms with E-state index in [4.69, 9.17) is 5.21 Å². The van der Waals surface area contributed by atoms with Gasteiger partial charge in [-0.05, 0) is 52.4 Å². The van der Waals surface area contributed by atoms with Gasteiger partial charge in [0.2, 0.25) is 10.0 Å². The maximum absolute atomic E-state index is 12.8. The van der Waals surface area contributed by atoms with E-state index in [1.54, 1.807) is 36.4 Å². The maximum Gasteiger partial charge on any atom is 0.258 e. The number of halogens is 1. The summed E-state index contributed by atoms with van der Waals surface area (Å²) in [5.41, 5.74) is 2.21. The van der Waals surface area contributed by atoms with Crippen LogP contribution in [-0.2, 0) is 21.4 Å². The van der Waals surface area contributed by atoms with Gasteiger partial charge in [-0.25, -0.2) is 13.9 Å². The van der Waals surface area contributed by atoms with Crippen molar-refractivity contribution in [3.8, 4) is 0 Å². The number of sulfonamides is 1. The number of benzene rings is 2. The Morgan fingerprint density at radius 1 is 1.09 bits per heavy atom. The number of amides is 1. The van der Waals surface area contributed by atoms with E-state index in [1.165, 1.54) is 17.6 Å². The van der Waals surface area contributed by atoms with Crippen LogP contribution in [0.1, 0.15) is 5.56 Å². The highest BCUT2D eigenvalue weighted by Crippen LogP contribution is 2.19. The number of nitrogens with zero attached hydrogens (tertiary/aromatic N) is 1. The Morgan fingerprint density at radius 2 is 1.70 bits per heavy atom. The van der Waals surface area contributed by atoms with Gasteiger partial charge in [0.05, 0.1) is 11.4 Å². The van der Waals surface area contributed by atoms with Crippen LogP contribution >= 0.6 is 22.6 Å². The SMILES string of the molecule is O=C(CN(Cc1ccccc1)S(=O)(=O)c1ccc(I)cc1)NO. The summed E-state index contributed by atoms with van der Waals surface area (Å²) in [5.74, 6) is -0.796. The van der Waals surface area contributed by atoms with Crippen molar-refractivity contribution in [2.24, 2.45) is 0 Å². The van der Waals surface area contributed by atoms with Gasteiger partial charge >= 0.3 is 0 Å². The second-order valence-corrected chi connectivity index (χ2v) is 7.93. The first-order valence-corrected chi connectivity index (χ1v) is 9.18. The molecule has 0 aliphatic heterocycles. The molecule has 23 heavy (non-hydrogen) atoms. The molecule has 0 radical (unpaired) electrons. The van der Waals surface area contributed by atoms with Gasteiger partial charge in [-0.3, -0.25) is 10.0 Å². The Bertz CT molecular complexity index is 764. The summed E-state index contributed by atoms with van der Waals surface area (Å²) in [5, 5.41) is 8.70. The van der Waals surface area contributed by atoms with Crippen LogP contribution in [0.15, 0.2) is 59.5 Å². The zero-order valence-electron chi connectivity index (χ0n) is 12.0. The Morgan fingerprint density at radius 3 is 2.26 bits per heavy atom. The molecule has 122 valence electrons. The summed E-state index contributed by atoms with van der Waals surface area (Å²) in [6.45, 7) is -0.442. The second kappa shape index (κ2) is 7.86. The van der Waals surface area contributed by atoms with Gasteiger partial charge in [0.1, 0.15) is 0 Å². The zero-order valence-corrected chi connectivity index (χ0v) is 15.0. The van der Waals surface area contributed by atoms with E-state index >= 15 is 0 Å². The molecule has 0 atom stereocenters. The van der Waals surface area contributed by atoms with Crippen molar-refractivity contribution in [3.63, 3.8) is 0 Å². The minimum absolute atomic E-state index is 0.0303. The summed E-state index contributed by atoms with van der Waals surface area (Å²) in [7, 11) is -3.86. The highest BCUT2D eigenvalue weighted by molar-refractivity contribution is 14.1. The molecule has 0 saturated carbocycles. The summed E-state index contributed by atoms with van der Waals surface area (Å²) in [6, 6.07) is 15.3. The van der Waals surface area contributed by atoms with Crippen molar-refractivity contribution < 1.29 is 18.4 Å². The van der Waals surface area contributed by atoms with Gasteiger partial charge in [0.25, 0.3) is 5.91 Å². The van der Waals surface area contributed by atoms with Crippen LogP contribution in [0.25, 0.3) is 0 Å². The lowest BCUT2D eigenvalue weighted by molar-refractivity contribution is -0.129. The van der Waals surface area contributed by atoms with Crippen molar-refractivity contribution in [1.82, 2.24) is 9.79 Å². The normalized spacial score (nSPS) is 11.4. The van der Waals surface area contributed by atoms with Crippen LogP contribution in [0, 0.1) is 3.57 Å². The fraction of sp³-hybridized carbons (Fsp3) is 0.133. The third-order valence-electron chi connectivity index (χ3n) is 3.10. The number of hydrogen-bond donors (Lipinski definition) is 2. The molecule has 0 heterocycles. The van der Waals surface area contributed by atoms with Crippen LogP contribution in [-0.4, -0.2) is 30.4 Å². The molecule has 1 amide bonds. The first-order valence-electron chi connectivity index (χ1n) is 6.66. The number of carbonyl (C=O) groups is 1. The van der Waals surface area contributed by atoms with E-state index in [-0.39, 0.29) is 11.4 Å². The average molecular weight is 446 g/mol. The molecule has 0 aliphatic rings. The lowest BCUT2D eigenvalue weighted by Crippen LogP contribution is -2.39. The number of hydroxylamine groups is 1. The van der Waals surface area contributed by atoms with Crippen LogP contribution in [0.3, 0.4) is 0 Å². The number of rotatable bonds is 6. The van der Waals surface area contributed by atoms with E-state index in [9.17, 15) is 13.2 Å². The molecule has 2 aromatic carbocycles. The molecule has 0 saturated heterocycles. The highest BCUT2D eigenvalue weighted by atomic mass is 127. The quantitative estimate of drug-likeness (QED) is 0.404. The molecule has 0 aliphatic carbocycles. The number of nitrogens with one attached hydrogen (secondary N) is 1. The Kier molecular flexibility index (Phi) is 6.10. The predicted octanol–water partition coefficient (Wildman–Crippen LogP) is 1.99. The predicted molar refractivity (Wildman–Crippen MR) is 93.1 cm³/mol. The molecule has 0 aromatic heterocycles. The zero-order chi connectivity index (χ0) is 16.9. The molecule has 2 aromatic rings. The molecule has 6 nitrogen and oxygen atoms in total. The second-order valence-electron chi connectivity index (χ2n) is 4.75. The van der Waals surface area contributed by atoms with Crippen LogP contribution in [0.4, 0.5) is 0 Å². The summed E-state index contributed by atoms with van der Waals surface area (Å²) in [4.78, 5) is 11.6. The fourth-order valence-corrected chi connectivity index (χ4v) is 3.71. The summed E-state index contributed by atoms with van der Waals surface area (Å²) >= 11 is 2.08. The first kappa shape index (κ1) is 17.9. The third kappa shape index (κ3) is 4.74. The Labute approximate surface area is 148 Å². The minimum atomic E-state index is -3.86. The fourth-order valence-electron chi connectivity index (χ4n) is 1.96. The average Bonchev–Trinajstić information content (AvgIpc) is 2.55. The van der Waals surface area contributed by atoms with Crippen LogP contribution in [0.2, 0.25) is 0 Å². The van der Waals surface area contributed by atoms with E-state index < -0.39 is 22.5 Å². The number of hydrogen-bond acceptors (Lipinski definition) is 4. The largest absolute Gasteiger partial charge is 0.289 e. The van der Waals surface area contributed by atoms with Crippen molar-refractivity contribution in [2.45, 2.75) is 11.4 Å². The van der Waals surface area contributed by atoms with Gasteiger partial charge in [-0.1, -0.05) is 30.3 Å². The van der Waals surface area contributed by atoms with Crippen LogP contribution < -0.4 is 5.48 Å². The molecule has 0 fully saturated rings. The molecule has 0 unspecified atom stereocenters. The molecular weight excluding hydrogens is 431 g/mol. The van der Waals surface area contributed by atoms with E-state index in [2.05, 4.69) is 22.6 Å². The van der Waals surface area contributed by atoms with Gasteiger partial charge in [-0.2, -0.15) is 4.31 Å². The maximum atomic E-state index is 12.8. The lowest BCUT2D eigenvalue weighted by atomic mass is 10.2. The smallest absolute Gasteiger partial charge is 0.258 e. The molecule has 0 spiro atoms. The Balaban J connectivity index is 2.35. The third-order valence-corrected chi connectivity index (χ3v) is 5.62. The lowest BCUT2D eigenvalue weighted by Gasteiger charge is -2.21. The topological polar surface area (TPSA) is 86.7 Å². The molecular formula is C15H15IN2O4S. The Hall–Kier alpha value is -1.49. The molecule has 2 N–H and O–H groups in total. The standard InChI is InChI=1S/C15H15IN2O4S/c16-13-6-8-14(9-7-13)23(21,22)18(11-15(19)17-20)10-12-4-2-1-3-5-12/h1-9,20H,10-11H2,(H,17,19). The van der Waals surface area contributed by atoms with E-state index in [0.717, 1.165) is 13.4 Å². The van der Waals surface area contributed by atoms with E-state index in [0.29, 0.717) is 0 Å². The summed E-state index contributed by atoms with van der Waals surface area (Å²) < 4.78 is 27.5. The van der Waals surface area contributed by atoms with Gasteiger partial charge in [0, 0.05) is 10.1 Å². The summed E-state index contributed by atoms with van der Waals surface area (Å²) in [6.07, 6.45) is 0. The monoisotopic (exact) mass is 446 g/mol. The molecule has 8 heteroatoms. The number of carbonyl (C=O) groups excluding carboxylic acids is 1.